The van der Waals surface area contributed by atoms with Crippen LogP contribution in [-0.2, 0) is 20.9 Å². The lowest BCUT2D eigenvalue weighted by atomic mass is 10.2. The predicted molar refractivity (Wildman–Crippen MR) is 112 cm³/mol. The van der Waals surface area contributed by atoms with Gasteiger partial charge in [0.1, 0.15) is 5.75 Å². The fraction of sp³-hybridized carbons (Fsp3) is 0.235. The van der Waals surface area contributed by atoms with Crippen LogP contribution in [0.3, 0.4) is 0 Å². The Morgan fingerprint density at radius 3 is 2.50 bits per heavy atom. The molecule has 140 valence electrons. The first-order valence-corrected chi connectivity index (χ1v) is 11.5. The van der Waals surface area contributed by atoms with Gasteiger partial charge in [-0.15, -0.1) is 0 Å². The van der Waals surface area contributed by atoms with Crippen LogP contribution in [0.4, 0.5) is 5.69 Å². The molecule has 0 bridgehead atoms. The summed E-state index contributed by atoms with van der Waals surface area (Å²) >= 11 is 14.8. The number of carbonyl (C=O) groups is 1. The molecule has 0 saturated heterocycles. The van der Waals surface area contributed by atoms with E-state index in [1.54, 1.807) is 38.1 Å². The molecule has 0 fully saturated rings. The molecule has 0 radical (unpaired) electrons. The van der Waals surface area contributed by atoms with Crippen molar-refractivity contribution in [2.45, 2.75) is 13.8 Å². The van der Waals surface area contributed by atoms with Gasteiger partial charge in [-0.1, -0.05) is 33.6 Å². The van der Waals surface area contributed by atoms with Gasteiger partial charge in [0.15, 0.2) is 0 Å². The largest absolute Gasteiger partial charge is 0.423 e. The Bertz CT molecular complexity index is 826. The molecule has 2 rings (SSSR count). The lowest BCUT2D eigenvalue weighted by Gasteiger charge is -2.22. The van der Waals surface area contributed by atoms with E-state index >= 15 is 0 Å². The molecular formula is C17H18BrClNO4PS. The van der Waals surface area contributed by atoms with E-state index in [4.69, 9.17) is 37.0 Å². The molecular weight excluding hydrogens is 461 g/mol. The van der Waals surface area contributed by atoms with Crippen molar-refractivity contribution in [3.05, 3.63) is 57.5 Å². The van der Waals surface area contributed by atoms with Crippen molar-refractivity contribution < 1.29 is 18.4 Å². The second-order valence-corrected chi connectivity index (χ2v) is 9.27. The number of nitrogens with one attached hydrogen (secondary N) is 1. The summed E-state index contributed by atoms with van der Waals surface area (Å²) in [5, 5.41) is 3.22. The molecule has 9 heteroatoms. The summed E-state index contributed by atoms with van der Waals surface area (Å²) in [6.45, 7) is 1.22. The van der Waals surface area contributed by atoms with E-state index in [0.717, 1.165) is 4.47 Å². The SMILES string of the molecule is CCOP(=S)(OCC)Oc1cc(Cl)ccc1C(=O)Nc1cccc(Br)c1. The molecule has 1 N–H and O–H groups in total. The molecule has 0 aromatic heterocycles. The van der Waals surface area contributed by atoms with E-state index in [2.05, 4.69) is 21.2 Å². The number of hydrogen-bond donors (Lipinski definition) is 1. The highest BCUT2D eigenvalue weighted by Crippen LogP contribution is 2.50. The van der Waals surface area contributed by atoms with Crippen LogP contribution in [0.25, 0.3) is 0 Å². The maximum atomic E-state index is 12.7. The number of anilines is 1. The van der Waals surface area contributed by atoms with Crippen molar-refractivity contribution in [2.75, 3.05) is 18.5 Å². The number of rotatable bonds is 8. The molecule has 0 spiro atoms. The Hall–Kier alpha value is -0.950. The predicted octanol–water partition coefficient (Wildman–Crippen LogP) is 6.03. The maximum Gasteiger partial charge on any atom is 0.380 e. The molecule has 0 aliphatic heterocycles. The number of amides is 1. The summed E-state index contributed by atoms with van der Waals surface area (Å²) < 4.78 is 17.6. The summed E-state index contributed by atoms with van der Waals surface area (Å²) in [7, 11) is 0. The van der Waals surface area contributed by atoms with Crippen molar-refractivity contribution in [1.29, 1.82) is 0 Å². The van der Waals surface area contributed by atoms with Crippen LogP contribution < -0.4 is 9.84 Å². The average Bonchev–Trinajstić information content (AvgIpc) is 2.55. The van der Waals surface area contributed by atoms with Gasteiger partial charge >= 0.3 is 6.72 Å². The maximum absolute atomic E-state index is 12.7. The van der Waals surface area contributed by atoms with E-state index in [9.17, 15) is 4.79 Å². The zero-order valence-corrected chi connectivity index (χ0v) is 18.3. The first-order valence-electron chi connectivity index (χ1n) is 7.82. The molecule has 2 aromatic rings. The minimum atomic E-state index is -3.03. The van der Waals surface area contributed by atoms with Gasteiger partial charge < -0.3 is 9.84 Å². The lowest BCUT2D eigenvalue weighted by Crippen LogP contribution is -2.14. The summed E-state index contributed by atoms with van der Waals surface area (Å²) in [6.07, 6.45) is 0. The molecule has 26 heavy (non-hydrogen) atoms. The van der Waals surface area contributed by atoms with Gasteiger partial charge in [-0.3, -0.25) is 13.8 Å². The van der Waals surface area contributed by atoms with Crippen LogP contribution in [-0.4, -0.2) is 19.1 Å². The van der Waals surface area contributed by atoms with Gasteiger partial charge in [0, 0.05) is 33.1 Å². The first-order chi connectivity index (χ1) is 12.4. The zero-order chi connectivity index (χ0) is 19.2. The van der Waals surface area contributed by atoms with Crippen LogP contribution in [0.15, 0.2) is 46.9 Å². The number of benzene rings is 2. The molecule has 0 aliphatic rings. The number of halogens is 2. The van der Waals surface area contributed by atoms with Gasteiger partial charge in [-0.2, -0.15) is 0 Å². The van der Waals surface area contributed by atoms with Crippen molar-refractivity contribution in [1.82, 2.24) is 0 Å². The van der Waals surface area contributed by atoms with Gasteiger partial charge in [-0.25, -0.2) is 0 Å². The Morgan fingerprint density at radius 1 is 1.19 bits per heavy atom. The molecule has 0 atom stereocenters. The monoisotopic (exact) mass is 477 g/mol. The highest BCUT2D eigenvalue weighted by atomic mass is 79.9. The summed E-state index contributed by atoms with van der Waals surface area (Å²) in [5.41, 5.74) is 0.919. The standard InChI is InChI=1S/C17H18BrClNO4PS/c1-3-22-25(26,23-4-2)24-16-11-13(19)8-9-15(16)17(21)20-14-7-5-6-12(18)10-14/h5-11H,3-4H2,1-2H3,(H,20,21). The Morgan fingerprint density at radius 2 is 1.88 bits per heavy atom. The van der Waals surface area contributed by atoms with E-state index in [1.165, 1.54) is 6.07 Å². The summed E-state index contributed by atoms with van der Waals surface area (Å²) in [5.74, 6) is -0.139. The molecule has 0 saturated carbocycles. The summed E-state index contributed by atoms with van der Waals surface area (Å²) in [6, 6.07) is 12.0. The molecule has 0 heterocycles. The third-order valence-corrected chi connectivity index (χ3v) is 6.21. The van der Waals surface area contributed by atoms with Crippen LogP contribution >= 0.6 is 34.2 Å². The van der Waals surface area contributed by atoms with Crippen LogP contribution in [0.2, 0.25) is 5.02 Å². The smallest absolute Gasteiger partial charge is 0.380 e. The average molecular weight is 479 g/mol. The fourth-order valence-corrected chi connectivity index (χ4v) is 4.69. The Labute approximate surface area is 171 Å². The topological polar surface area (TPSA) is 56.8 Å². The molecule has 1 amide bonds. The van der Waals surface area contributed by atoms with Gasteiger partial charge in [0.25, 0.3) is 5.91 Å². The Balaban J connectivity index is 2.31. The van der Waals surface area contributed by atoms with Gasteiger partial charge in [0.2, 0.25) is 0 Å². The van der Waals surface area contributed by atoms with Crippen LogP contribution in [0, 0.1) is 0 Å². The molecule has 0 aliphatic carbocycles. The number of carbonyl (C=O) groups excluding carboxylic acids is 1. The minimum absolute atomic E-state index is 0.218. The van der Waals surface area contributed by atoms with E-state index < -0.39 is 6.72 Å². The highest BCUT2D eigenvalue weighted by Gasteiger charge is 2.25. The van der Waals surface area contributed by atoms with Crippen molar-refractivity contribution >= 4 is 57.7 Å². The highest BCUT2D eigenvalue weighted by molar-refractivity contribution is 9.10. The molecule has 0 unspecified atom stereocenters. The second-order valence-electron chi connectivity index (χ2n) is 4.98. The van der Waals surface area contributed by atoms with Crippen LogP contribution in [0.5, 0.6) is 5.75 Å². The third kappa shape index (κ3) is 6.05. The molecule has 5 nitrogen and oxygen atoms in total. The molecule has 2 aromatic carbocycles. The van der Waals surface area contributed by atoms with Gasteiger partial charge in [-0.05, 0) is 44.2 Å². The third-order valence-electron chi connectivity index (χ3n) is 3.06. The second kappa shape index (κ2) is 9.83. The van der Waals surface area contributed by atoms with E-state index in [0.29, 0.717) is 23.9 Å². The van der Waals surface area contributed by atoms with Crippen molar-refractivity contribution in [2.24, 2.45) is 0 Å². The zero-order valence-electron chi connectivity index (χ0n) is 14.2. The van der Waals surface area contributed by atoms with Gasteiger partial charge in [0.05, 0.1) is 18.8 Å². The first kappa shape index (κ1) is 21.4. The van der Waals surface area contributed by atoms with E-state index in [-0.39, 0.29) is 17.2 Å². The minimum Gasteiger partial charge on any atom is -0.423 e. The quantitative estimate of drug-likeness (QED) is 0.469. The van der Waals surface area contributed by atoms with Crippen LogP contribution in [0.1, 0.15) is 24.2 Å². The normalized spacial score (nSPS) is 11.2. The van der Waals surface area contributed by atoms with Crippen molar-refractivity contribution in [3.8, 4) is 5.75 Å². The van der Waals surface area contributed by atoms with Crippen molar-refractivity contribution in [3.63, 3.8) is 0 Å². The number of hydrogen-bond acceptors (Lipinski definition) is 5. The summed E-state index contributed by atoms with van der Waals surface area (Å²) in [4.78, 5) is 12.7. The Kier molecular flexibility index (Phi) is 8.07. The lowest BCUT2D eigenvalue weighted by molar-refractivity contribution is 0.102. The van der Waals surface area contributed by atoms with E-state index in [1.807, 2.05) is 12.1 Å². The fourth-order valence-electron chi connectivity index (χ4n) is 2.05.